The van der Waals surface area contributed by atoms with Crippen molar-refractivity contribution in [2.45, 2.75) is 402 Å². The maximum atomic E-state index is 10.3. The number of ether oxygens (including phenoxy) is 6. The Hall–Kier alpha value is 3.65. The monoisotopic (exact) mass is 2280 g/mol. The Bertz CT molecular complexity index is 2940. The molecule has 2 atom stereocenters. The van der Waals surface area contributed by atoms with Gasteiger partial charge in [-0.3, -0.25) is 0 Å². The molecule has 0 aliphatic carbocycles. The molecule has 0 aromatic rings. The van der Waals surface area contributed by atoms with Crippen LogP contribution < -0.4 is 0 Å². The minimum Gasteiger partial charge on any atom is -0.456 e. The van der Waals surface area contributed by atoms with E-state index < -0.39 is 202 Å². The smallest absolute Gasteiger partial charge is 0.315 e. The van der Waals surface area contributed by atoms with Crippen molar-refractivity contribution < 1.29 is 125 Å². The van der Waals surface area contributed by atoms with E-state index in [2.05, 4.69) is 327 Å². The fraction of sp³-hybridized carbons (Fsp3) is 1.00. The van der Waals surface area contributed by atoms with E-state index in [0.717, 1.165) is 74.8 Å². The average molecular weight is 2280 g/mol. The molecule has 0 heterocycles. The Kier molecular flexibility index (Phi) is 61.6. The van der Waals surface area contributed by atoms with Gasteiger partial charge in [0.25, 0.3) is 0 Å². The van der Waals surface area contributed by atoms with Crippen LogP contribution in [-0.2, 0) is 94.3 Å². The van der Waals surface area contributed by atoms with Crippen LogP contribution >= 0.6 is 0 Å². The number of aliphatic hydroxyl groups is 6. The van der Waals surface area contributed by atoms with Gasteiger partial charge in [-0.1, -0.05) is 0 Å². The van der Waals surface area contributed by atoms with Crippen LogP contribution in [0.3, 0.4) is 0 Å². The van der Waals surface area contributed by atoms with E-state index >= 15 is 0 Å². The molecule has 0 saturated heterocycles. The van der Waals surface area contributed by atoms with Crippen LogP contribution in [0.5, 0.6) is 0 Å². The average Bonchev–Trinajstić information content (AvgIpc) is 0.827. The summed E-state index contributed by atoms with van der Waals surface area (Å²) in [5.74, 6) is 0. The lowest BCUT2D eigenvalue weighted by atomic mass is 9.92. The molecule has 0 aromatic heterocycles. The molecule has 50 heteroatoms. The largest absolute Gasteiger partial charge is 0.456 e. The van der Waals surface area contributed by atoms with Crippen LogP contribution in [0.1, 0.15) is 38.5 Å². The minimum atomic E-state index is -2.52. The summed E-state index contributed by atoms with van der Waals surface area (Å²) in [5, 5.41) is 60.8. The van der Waals surface area contributed by atoms with Crippen molar-refractivity contribution in [2.24, 2.45) is 16.2 Å². The van der Waals surface area contributed by atoms with E-state index in [4.69, 9.17) is 94.3 Å². The SMILES string of the molecule is C[Si](C)(C)O[Si](C)(C)CCCOCC(CO)(CO)COCCC[Si](C)(C)O[Si](C)(C)C.C[Si](C)(C)O[Si](C)(C)O[Si](C)(C)O[Si](C)(C)O[Si](C)(C)CCCOCC(CO)(CO)COCCC[Si](C)(C)O[Si](C)(C)O[Si](C)(C)O[Si](C)(C)O[Si](C)(C)C.C[Si](C)(C)O[Si](C)(C)O[Si](C)(CCCOCC(CO)(CO)COCCC[Si](C)(O[Si](C)(C)C)O[Si](C)(C)O[Si](C)(C)C)O[Si](C)(C)C. The second-order valence-corrected chi connectivity index (χ2v) is 142. The van der Waals surface area contributed by atoms with Gasteiger partial charge in [-0.25, -0.2) is 0 Å². The van der Waals surface area contributed by atoms with Gasteiger partial charge in [0, 0.05) is 39.6 Å². The molecule has 0 rings (SSSR count). The van der Waals surface area contributed by atoms with Gasteiger partial charge in [0.05, 0.1) is 95.5 Å². The summed E-state index contributed by atoms with van der Waals surface area (Å²) >= 11 is 0. The fourth-order valence-electron chi connectivity index (χ4n) is 17.2. The molecule has 0 radical (unpaired) electrons. The molecule has 0 saturated carbocycles. The van der Waals surface area contributed by atoms with Crippen molar-refractivity contribution in [3.05, 3.63) is 0 Å². The van der Waals surface area contributed by atoms with Crippen molar-refractivity contribution in [2.75, 3.05) is 119 Å². The van der Waals surface area contributed by atoms with Crippen LogP contribution in [0, 0.1) is 16.2 Å². The first kappa shape index (κ1) is 141. The molecular formula is C83H216O28Si22. The lowest BCUT2D eigenvalue weighted by Crippen LogP contribution is -2.58. The Morgan fingerprint density at radius 1 is 0.150 bits per heavy atom. The van der Waals surface area contributed by atoms with Gasteiger partial charge in [0.15, 0.2) is 99.8 Å². The fourth-order valence-corrected chi connectivity index (χ4v) is 117. The first-order chi connectivity index (χ1) is 58.9. The Balaban J connectivity index is -0.00000198. The van der Waals surface area contributed by atoms with Crippen LogP contribution in [0.25, 0.3) is 0 Å². The maximum Gasteiger partial charge on any atom is 0.315 e. The summed E-state index contributed by atoms with van der Waals surface area (Å²) in [6, 6.07) is 5.50. The van der Waals surface area contributed by atoms with E-state index in [-0.39, 0.29) is 66.1 Å². The summed E-state index contributed by atoms with van der Waals surface area (Å²) in [4.78, 5) is 0. The lowest BCUT2D eigenvalue weighted by molar-refractivity contribution is -0.0770. The second-order valence-electron chi connectivity index (χ2n) is 51.4. The van der Waals surface area contributed by atoms with Crippen molar-refractivity contribution in [3.63, 3.8) is 0 Å². The highest BCUT2D eigenvalue weighted by Gasteiger charge is 2.51. The molecule has 2 unspecified atom stereocenters. The molecule has 0 amide bonds. The highest BCUT2D eigenvalue weighted by molar-refractivity contribution is 6.94. The number of hydrogen-bond acceptors (Lipinski definition) is 28. The normalized spacial score (nSPS) is 15.7. The predicted octanol–water partition coefficient (Wildman–Crippen LogP) is 21.8. The first-order valence-corrected chi connectivity index (χ1v) is 117. The van der Waals surface area contributed by atoms with Crippen LogP contribution in [0.15, 0.2) is 0 Å². The summed E-state index contributed by atoms with van der Waals surface area (Å²) in [7, 11) is -45.5. The molecule has 0 aliphatic rings. The predicted molar refractivity (Wildman–Crippen MR) is 608 cm³/mol. The van der Waals surface area contributed by atoms with Crippen molar-refractivity contribution in [1.82, 2.24) is 0 Å². The Labute approximate surface area is 840 Å². The van der Waals surface area contributed by atoms with Crippen LogP contribution in [0.2, 0.25) is 364 Å². The van der Waals surface area contributed by atoms with Gasteiger partial charge in [0.2, 0.25) is 0 Å². The highest BCUT2D eigenvalue weighted by Crippen LogP contribution is 2.36. The molecule has 0 aliphatic heterocycles. The summed E-state index contributed by atoms with van der Waals surface area (Å²) < 4.78 is 141. The van der Waals surface area contributed by atoms with E-state index in [1.54, 1.807) is 0 Å². The van der Waals surface area contributed by atoms with Crippen LogP contribution in [0.4, 0.5) is 0 Å². The quantitative estimate of drug-likeness (QED) is 0.0243. The third kappa shape index (κ3) is 76.8. The number of hydrogen-bond donors (Lipinski definition) is 6. The summed E-state index contributed by atoms with van der Waals surface area (Å²) in [6.07, 6.45) is 5.04. The Morgan fingerprint density at radius 3 is 0.444 bits per heavy atom. The number of aliphatic hydroxyl groups excluding tert-OH is 6. The second kappa shape index (κ2) is 58.2. The number of rotatable bonds is 74. The zero-order valence-corrected chi connectivity index (χ0v) is 117. The zero-order chi connectivity index (χ0) is 105. The molecule has 0 fully saturated rings. The first-order valence-electron chi connectivity index (χ1n) is 49.3. The van der Waals surface area contributed by atoms with Gasteiger partial charge in [-0.2, -0.15) is 0 Å². The molecular weight excluding hydrogens is 2060 g/mol. The van der Waals surface area contributed by atoms with E-state index in [1.165, 1.54) is 0 Å². The standard InChI is InChI=1S/C33H88O12Si10.C29H76O10Si8.C21H52O6Si4/c1-46(2,3)38-50(11,12)42-54(19,20)44-52(15,16)40-48(7,8)27-23-25-36-31-33(29-34,30-35)32-37-26-24-28-49(9,10)41-53(17,18)45-55(21,22)43-51(13,14)39-47(4,5)6;1-40(2,3)34-44(13,14)38-46(17,36-42(7,8)9)23-19-21-32-27-29(25-30,26-31)28-33-22-20-24-47(18,37-43(10,11)12)39-45(15,16)35-41(4,5)6;1-28(2,3)26-30(7,8)15-11-13-24-19-21(17-22,18-23)20-25-14-12-16-31(9,10)27-29(4,5)6/h34-35H,23-32H2,1-22H3;30-31H,19-28H2,1-18H3;22-23H,11-20H2,1-10H3. The van der Waals surface area contributed by atoms with Crippen molar-refractivity contribution in [1.29, 1.82) is 0 Å². The third-order valence-electron chi connectivity index (χ3n) is 18.9. The summed E-state index contributed by atoms with van der Waals surface area (Å²) in [5.41, 5.74) is -2.49. The van der Waals surface area contributed by atoms with Gasteiger partial charge in [0.1, 0.15) is 0 Å². The topological polar surface area (TPSA) is 324 Å². The summed E-state index contributed by atoms with van der Waals surface area (Å²) in [6.45, 7) is 112. The molecule has 0 spiro atoms. The molecule has 28 nitrogen and oxygen atoms in total. The minimum absolute atomic E-state index is 0.151. The van der Waals surface area contributed by atoms with E-state index in [9.17, 15) is 30.6 Å². The van der Waals surface area contributed by atoms with Crippen molar-refractivity contribution >= 4 is 185 Å². The Morgan fingerprint density at radius 2 is 0.286 bits per heavy atom. The van der Waals surface area contributed by atoms with E-state index in [1.807, 2.05) is 0 Å². The van der Waals surface area contributed by atoms with E-state index in [0.29, 0.717) is 52.9 Å². The highest BCUT2D eigenvalue weighted by atomic mass is 28.5. The molecule has 0 aromatic carbocycles. The van der Waals surface area contributed by atoms with Gasteiger partial charge in [-0.15, -0.1) is 0 Å². The molecule has 0 bridgehead atoms. The zero-order valence-electron chi connectivity index (χ0n) is 95.4. The van der Waals surface area contributed by atoms with Crippen molar-refractivity contribution in [3.8, 4) is 0 Å². The van der Waals surface area contributed by atoms with Gasteiger partial charge in [-0.05, 0) is 402 Å². The molecule has 6 N–H and O–H groups in total. The van der Waals surface area contributed by atoms with Crippen LogP contribution in [-0.4, -0.2) is 335 Å². The van der Waals surface area contributed by atoms with Gasteiger partial charge >= 0.3 is 85.6 Å². The maximum absolute atomic E-state index is 10.3. The lowest BCUT2D eigenvalue weighted by Gasteiger charge is -2.42. The van der Waals surface area contributed by atoms with Gasteiger partial charge < -0.3 is 125 Å². The third-order valence-corrected chi connectivity index (χ3v) is 94.5. The molecule has 804 valence electrons. The molecule has 133 heavy (non-hydrogen) atoms.